The monoisotopic (exact) mass is 406 g/mol. The number of hydrogen-bond acceptors (Lipinski definition) is 5. The Bertz CT molecular complexity index is 941. The second kappa shape index (κ2) is 7.29. The Balaban J connectivity index is 1.48. The van der Waals surface area contributed by atoms with E-state index in [1.54, 1.807) is 11.8 Å². The summed E-state index contributed by atoms with van der Waals surface area (Å²) in [6.45, 7) is 1.74. The van der Waals surface area contributed by atoms with Gasteiger partial charge < -0.3 is 9.88 Å². The van der Waals surface area contributed by atoms with Crippen molar-refractivity contribution in [1.29, 1.82) is 0 Å². The van der Waals surface area contributed by atoms with Gasteiger partial charge in [-0.25, -0.2) is 17.7 Å². The number of thioether (sulfide) groups is 1. The second-order valence-electron chi connectivity index (χ2n) is 6.92. The van der Waals surface area contributed by atoms with Crippen LogP contribution in [0, 0.1) is 5.92 Å². The number of carbonyl (C=O) groups excluding carboxylic acids is 1. The SMILES string of the molecule is CS(=O)(=O)N1CCC(C(=O)Nc2ccccc2-c2cn3c(n2)SCC3)CC1. The lowest BCUT2D eigenvalue weighted by Crippen LogP contribution is -2.40. The first-order valence-corrected chi connectivity index (χ1v) is 11.8. The smallest absolute Gasteiger partial charge is 0.227 e. The highest BCUT2D eigenvalue weighted by molar-refractivity contribution is 7.99. The van der Waals surface area contributed by atoms with E-state index in [-0.39, 0.29) is 11.8 Å². The normalized spacial score (nSPS) is 18.4. The maximum absolute atomic E-state index is 12.7. The number of hydrogen-bond donors (Lipinski definition) is 1. The number of carbonyl (C=O) groups is 1. The van der Waals surface area contributed by atoms with Crippen molar-refractivity contribution in [2.45, 2.75) is 24.5 Å². The fourth-order valence-electron chi connectivity index (χ4n) is 3.54. The number of aryl methyl sites for hydroxylation is 1. The first-order valence-electron chi connectivity index (χ1n) is 8.97. The standard InChI is InChI=1S/C18H22N4O3S2/c1-27(24,25)22-8-6-13(7-9-22)17(23)19-15-5-3-2-4-14(15)16-12-21-10-11-26-18(21)20-16/h2-5,12-13H,6-11H2,1H3,(H,19,23). The second-order valence-corrected chi connectivity index (χ2v) is 9.97. The number of aromatic nitrogens is 2. The topological polar surface area (TPSA) is 84.3 Å². The molecule has 1 saturated heterocycles. The predicted molar refractivity (Wildman–Crippen MR) is 106 cm³/mol. The zero-order valence-corrected chi connectivity index (χ0v) is 16.7. The maximum Gasteiger partial charge on any atom is 0.227 e. The van der Waals surface area contributed by atoms with E-state index in [0.717, 1.165) is 34.4 Å². The number of benzene rings is 1. The molecular formula is C18H22N4O3S2. The number of amides is 1. The van der Waals surface area contributed by atoms with Gasteiger partial charge in [-0.05, 0) is 18.9 Å². The molecule has 0 aliphatic carbocycles. The molecule has 1 N–H and O–H groups in total. The van der Waals surface area contributed by atoms with Gasteiger partial charge in [-0.3, -0.25) is 4.79 Å². The van der Waals surface area contributed by atoms with Crippen LogP contribution in [0.5, 0.6) is 0 Å². The molecule has 2 aromatic rings. The molecule has 9 heteroatoms. The maximum atomic E-state index is 12.7. The number of imidazole rings is 1. The molecule has 27 heavy (non-hydrogen) atoms. The van der Waals surface area contributed by atoms with E-state index < -0.39 is 10.0 Å². The molecule has 1 aromatic heterocycles. The molecule has 0 spiro atoms. The van der Waals surface area contributed by atoms with Crippen LogP contribution in [-0.2, 0) is 21.4 Å². The minimum absolute atomic E-state index is 0.0586. The summed E-state index contributed by atoms with van der Waals surface area (Å²) < 4.78 is 26.8. The third kappa shape index (κ3) is 3.90. The molecule has 0 unspecified atom stereocenters. The lowest BCUT2D eigenvalue weighted by atomic mass is 9.97. The van der Waals surface area contributed by atoms with Crippen LogP contribution in [0.4, 0.5) is 5.69 Å². The average molecular weight is 407 g/mol. The average Bonchev–Trinajstić information content (AvgIpc) is 3.23. The Morgan fingerprint density at radius 2 is 1.96 bits per heavy atom. The van der Waals surface area contributed by atoms with Crippen molar-refractivity contribution in [1.82, 2.24) is 13.9 Å². The zero-order chi connectivity index (χ0) is 19.0. The van der Waals surface area contributed by atoms with Gasteiger partial charge in [0.2, 0.25) is 15.9 Å². The fourth-order valence-corrected chi connectivity index (χ4v) is 5.36. The summed E-state index contributed by atoms with van der Waals surface area (Å²) in [4.78, 5) is 17.4. The van der Waals surface area contributed by atoms with Crippen molar-refractivity contribution >= 4 is 33.4 Å². The number of fused-ring (bicyclic) bond motifs is 1. The minimum Gasteiger partial charge on any atom is -0.325 e. The van der Waals surface area contributed by atoms with Crippen molar-refractivity contribution in [3.8, 4) is 11.3 Å². The highest BCUT2D eigenvalue weighted by Gasteiger charge is 2.29. The molecule has 1 aromatic carbocycles. The number of nitrogens with one attached hydrogen (secondary N) is 1. The summed E-state index contributed by atoms with van der Waals surface area (Å²) in [5.74, 6) is 0.808. The van der Waals surface area contributed by atoms with Gasteiger partial charge in [0.05, 0.1) is 17.6 Å². The molecule has 1 amide bonds. The van der Waals surface area contributed by atoms with E-state index in [2.05, 4.69) is 14.9 Å². The summed E-state index contributed by atoms with van der Waals surface area (Å²) >= 11 is 1.74. The van der Waals surface area contributed by atoms with Crippen molar-refractivity contribution in [3.63, 3.8) is 0 Å². The highest BCUT2D eigenvalue weighted by atomic mass is 32.2. The molecule has 7 nitrogen and oxygen atoms in total. The number of piperidine rings is 1. The summed E-state index contributed by atoms with van der Waals surface area (Å²) in [5, 5.41) is 4.05. The van der Waals surface area contributed by atoms with Crippen LogP contribution in [0.1, 0.15) is 12.8 Å². The summed E-state index contributed by atoms with van der Waals surface area (Å²) in [7, 11) is -3.19. The molecule has 3 heterocycles. The lowest BCUT2D eigenvalue weighted by molar-refractivity contribution is -0.120. The molecule has 1 fully saturated rings. The summed E-state index contributed by atoms with van der Waals surface area (Å²) in [6.07, 6.45) is 4.32. The number of rotatable bonds is 4. The first kappa shape index (κ1) is 18.5. The Morgan fingerprint density at radius 1 is 1.22 bits per heavy atom. The van der Waals surface area contributed by atoms with E-state index in [1.807, 2.05) is 30.5 Å². The predicted octanol–water partition coefficient (Wildman–Crippen LogP) is 2.27. The molecule has 2 aliphatic rings. The van der Waals surface area contributed by atoms with E-state index >= 15 is 0 Å². The minimum atomic E-state index is -3.19. The third-order valence-corrected chi connectivity index (χ3v) is 7.33. The quantitative estimate of drug-likeness (QED) is 0.842. The van der Waals surface area contributed by atoms with Gasteiger partial charge in [-0.1, -0.05) is 30.0 Å². The number of nitrogens with zero attached hydrogens (tertiary/aromatic N) is 3. The van der Waals surface area contributed by atoms with Crippen LogP contribution >= 0.6 is 11.8 Å². The highest BCUT2D eigenvalue weighted by Crippen LogP contribution is 2.33. The Kier molecular flexibility index (Phi) is 5.00. The third-order valence-electron chi connectivity index (χ3n) is 5.06. The van der Waals surface area contributed by atoms with Gasteiger partial charge in [0.15, 0.2) is 5.16 Å². The van der Waals surface area contributed by atoms with Gasteiger partial charge in [0, 0.05) is 43.1 Å². The number of sulfonamides is 1. The molecule has 0 radical (unpaired) electrons. The van der Waals surface area contributed by atoms with Crippen molar-refractivity contribution < 1.29 is 13.2 Å². The lowest BCUT2D eigenvalue weighted by Gasteiger charge is -2.29. The van der Waals surface area contributed by atoms with Crippen LogP contribution in [0.2, 0.25) is 0 Å². The van der Waals surface area contributed by atoms with Gasteiger partial charge in [0.1, 0.15) is 0 Å². The molecule has 4 rings (SSSR count). The van der Waals surface area contributed by atoms with Crippen LogP contribution in [0.3, 0.4) is 0 Å². The Morgan fingerprint density at radius 3 is 2.67 bits per heavy atom. The molecule has 144 valence electrons. The molecule has 0 bridgehead atoms. The van der Waals surface area contributed by atoms with Crippen molar-refractivity contribution in [2.75, 3.05) is 30.4 Å². The number of para-hydroxylation sites is 1. The van der Waals surface area contributed by atoms with E-state index in [1.165, 1.54) is 10.6 Å². The Hall–Kier alpha value is -1.84. The summed E-state index contributed by atoms with van der Waals surface area (Å²) in [6, 6.07) is 7.68. The molecule has 0 saturated carbocycles. The summed E-state index contributed by atoms with van der Waals surface area (Å²) in [5.41, 5.74) is 2.51. The Labute approximate surface area is 163 Å². The zero-order valence-electron chi connectivity index (χ0n) is 15.1. The molecule has 2 aliphatic heterocycles. The van der Waals surface area contributed by atoms with E-state index in [9.17, 15) is 13.2 Å². The van der Waals surface area contributed by atoms with E-state index in [4.69, 9.17) is 0 Å². The van der Waals surface area contributed by atoms with Gasteiger partial charge in [-0.2, -0.15) is 0 Å². The first-order chi connectivity index (χ1) is 12.9. The van der Waals surface area contributed by atoms with Crippen LogP contribution in [0.25, 0.3) is 11.3 Å². The van der Waals surface area contributed by atoms with Gasteiger partial charge in [-0.15, -0.1) is 0 Å². The van der Waals surface area contributed by atoms with Crippen LogP contribution in [0.15, 0.2) is 35.6 Å². The van der Waals surface area contributed by atoms with Crippen LogP contribution < -0.4 is 5.32 Å². The van der Waals surface area contributed by atoms with Crippen molar-refractivity contribution in [2.24, 2.45) is 5.92 Å². The van der Waals surface area contributed by atoms with Gasteiger partial charge in [0.25, 0.3) is 0 Å². The molecular weight excluding hydrogens is 384 g/mol. The van der Waals surface area contributed by atoms with Crippen LogP contribution in [-0.4, -0.2) is 53.3 Å². The van der Waals surface area contributed by atoms with Crippen molar-refractivity contribution in [3.05, 3.63) is 30.5 Å². The van der Waals surface area contributed by atoms with E-state index in [0.29, 0.717) is 25.9 Å². The number of anilines is 1. The fraction of sp³-hybridized carbons (Fsp3) is 0.444. The largest absolute Gasteiger partial charge is 0.325 e. The van der Waals surface area contributed by atoms with Gasteiger partial charge >= 0.3 is 0 Å². The molecule has 0 atom stereocenters.